The number of aliphatic imine (C=N–C) groups is 1. The SMILES string of the molecule is CC(C)(C)C1CCCN(C(=Nc2ccccc2)NN)CC1. The van der Waals surface area contributed by atoms with Gasteiger partial charge in [0.2, 0.25) is 5.96 Å². The Bertz CT molecular complexity index is 461. The molecule has 0 bridgehead atoms. The average molecular weight is 288 g/mol. The quantitative estimate of drug-likeness (QED) is 0.361. The Hall–Kier alpha value is -1.55. The lowest BCUT2D eigenvalue weighted by molar-refractivity contribution is 0.216. The Morgan fingerprint density at radius 1 is 1.19 bits per heavy atom. The van der Waals surface area contributed by atoms with Gasteiger partial charge in [-0.1, -0.05) is 39.0 Å². The Morgan fingerprint density at radius 2 is 1.90 bits per heavy atom. The first-order chi connectivity index (χ1) is 10.0. The molecule has 1 saturated heterocycles. The van der Waals surface area contributed by atoms with Crippen LogP contribution in [0.2, 0.25) is 0 Å². The van der Waals surface area contributed by atoms with Gasteiger partial charge in [-0.3, -0.25) is 5.43 Å². The first kappa shape index (κ1) is 15.8. The molecule has 1 aromatic carbocycles. The summed E-state index contributed by atoms with van der Waals surface area (Å²) in [4.78, 5) is 6.91. The van der Waals surface area contributed by atoms with E-state index in [1.165, 1.54) is 19.3 Å². The molecule has 1 aromatic rings. The summed E-state index contributed by atoms with van der Waals surface area (Å²) in [5.74, 6) is 7.24. The molecule has 0 aliphatic carbocycles. The minimum absolute atomic E-state index is 0.378. The maximum Gasteiger partial charge on any atom is 0.213 e. The molecule has 3 N–H and O–H groups in total. The number of hydrogen-bond acceptors (Lipinski definition) is 2. The number of nitrogens with two attached hydrogens (primary N) is 1. The third kappa shape index (κ3) is 4.46. The number of guanidine groups is 1. The second-order valence-corrected chi connectivity index (χ2v) is 6.90. The van der Waals surface area contributed by atoms with E-state index in [1.54, 1.807) is 0 Å². The van der Waals surface area contributed by atoms with E-state index >= 15 is 0 Å². The van der Waals surface area contributed by atoms with Crippen LogP contribution >= 0.6 is 0 Å². The minimum atomic E-state index is 0.378. The van der Waals surface area contributed by atoms with Crippen molar-refractivity contribution in [1.82, 2.24) is 10.3 Å². The smallest absolute Gasteiger partial charge is 0.213 e. The molecule has 1 aliphatic rings. The van der Waals surface area contributed by atoms with Crippen molar-refractivity contribution in [2.24, 2.45) is 22.2 Å². The Labute approximate surface area is 128 Å². The predicted molar refractivity (Wildman–Crippen MR) is 89.2 cm³/mol. The highest BCUT2D eigenvalue weighted by Crippen LogP contribution is 2.34. The van der Waals surface area contributed by atoms with Crippen molar-refractivity contribution < 1.29 is 0 Å². The highest BCUT2D eigenvalue weighted by atomic mass is 15.4. The second kappa shape index (κ2) is 6.94. The summed E-state index contributed by atoms with van der Waals surface area (Å²) in [7, 11) is 0. The largest absolute Gasteiger partial charge is 0.342 e. The van der Waals surface area contributed by atoms with Gasteiger partial charge in [0.1, 0.15) is 0 Å². The van der Waals surface area contributed by atoms with Gasteiger partial charge in [0.15, 0.2) is 0 Å². The van der Waals surface area contributed by atoms with Crippen LogP contribution in [0, 0.1) is 11.3 Å². The van der Waals surface area contributed by atoms with E-state index in [2.05, 4.69) is 36.1 Å². The van der Waals surface area contributed by atoms with E-state index in [0.717, 1.165) is 30.7 Å². The molecule has 1 atom stereocenters. The lowest BCUT2D eigenvalue weighted by Gasteiger charge is -2.30. The number of hydrogen-bond donors (Lipinski definition) is 2. The van der Waals surface area contributed by atoms with E-state index in [0.29, 0.717) is 5.41 Å². The Morgan fingerprint density at radius 3 is 2.52 bits per heavy atom. The van der Waals surface area contributed by atoms with Crippen LogP contribution in [0.3, 0.4) is 0 Å². The third-order valence-corrected chi connectivity index (χ3v) is 4.37. The first-order valence-corrected chi connectivity index (χ1v) is 7.86. The third-order valence-electron chi connectivity index (χ3n) is 4.37. The molecule has 1 fully saturated rings. The van der Waals surface area contributed by atoms with Crippen molar-refractivity contribution in [2.45, 2.75) is 40.0 Å². The number of nitrogens with one attached hydrogen (secondary N) is 1. The number of rotatable bonds is 1. The topological polar surface area (TPSA) is 53.6 Å². The fraction of sp³-hybridized carbons (Fsp3) is 0.588. The molecule has 1 aliphatic heterocycles. The normalized spacial score (nSPS) is 21.0. The molecule has 4 heteroatoms. The summed E-state index contributed by atoms with van der Waals surface area (Å²) < 4.78 is 0. The molecular weight excluding hydrogens is 260 g/mol. The van der Waals surface area contributed by atoms with Crippen molar-refractivity contribution in [3.63, 3.8) is 0 Å². The number of benzene rings is 1. The van der Waals surface area contributed by atoms with Crippen molar-refractivity contribution >= 4 is 11.6 Å². The highest BCUT2D eigenvalue weighted by molar-refractivity contribution is 5.82. The van der Waals surface area contributed by atoms with Gasteiger partial charge in [-0.15, -0.1) is 0 Å². The fourth-order valence-electron chi connectivity index (χ4n) is 2.99. The standard InChI is InChI=1S/C17H28N4/c1-17(2,3)14-8-7-12-21(13-11-14)16(20-18)19-15-9-5-4-6-10-15/h4-6,9-10,14H,7-8,11-13,18H2,1-3H3,(H,19,20). The summed E-state index contributed by atoms with van der Waals surface area (Å²) in [6, 6.07) is 9.96. The van der Waals surface area contributed by atoms with E-state index in [4.69, 9.17) is 5.84 Å². The van der Waals surface area contributed by atoms with Crippen LogP contribution in [-0.4, -0.2) is 23.9 Å². The van der Waals surface area contributed by atoms with Crippen LogP contribution in [0.5, 0.6) is 0 Å². The lowest BCUT2D eigenvalue weighted by Crippen LogP contribution is -2.45. The molecule has 1 unspecified atom stereocenters. The summed E-state index contributed by atoms with van der Waals surface area (Å²) in [5.41, 5.74) is 4.09. The lowest BCUT2D eigenvalue weighted by atomic mass is 9.77. The molecule has 2 rings (SSSR count). The first-order valence-electron chi connectivity index (χ1n) is 7.86. The van der Waals surface area contributed by atoms with Gasteiger partial charge in [-0.25, -0.2) is 10.8 Å². The zero-order chi connectivity index (χ0) is 15.3. The molecule has 0 spiro atoms. The summed E-state index contributed by atoms with van der Waals surface area (Å²) >= 11 is 0. The Balaban J connectivity index is 2.08. The molecule has 0 amide bonds. The van der Waals surface area contributed by atoms with Crippen LogP contribution in [0.1, 0.15) is 40.0 Å². The second-order valence-electron chi connectivity index (χ2n) is 6.90. The van der Waals surface area contributed by atoms with Crippen LogP contribution < -0.4 is 11.3 Å². The molecule has 116 valence electrons. The van der Waals surface area contributed by atoms with E-state index in [1.807, 2.05) is 30.3 Å². The number of hydrazine groups is 1. The van der Waals surface area contributed by atoms with E-state index in [-0.39, 0.29) is 0 Å². The maximum absolute atomic E-state index is 5.70. The number of para-hydroxylation sites is 1. The monoisotopic (exact) mass is 288 g/mol. The van der Waals surface area contributed by atoms with Crippen molar-refractivity contribution in [3.8, 4) is 0 Å². The maximum atomic E-state index is 5.70. The highest BCUT2D eigenvalue weighted by Gasteiger charge is 2.27. The van der Waals surface area contributed by atoms with Gasteiger partial charge >= 0.3 is 0 Å². The van der Waals surface area contributed by atoms with Gasteiger partial charge in [-0.05, 0) is 42.7 Å². The number of likely N-dealkylation sites (tertiary alicyclic amines) is 1. The van der Waals surface area contributed by atoms with Gasteiger partial charge in [0.25, 0.3) is 0 Å². The molecule has 0 radical (unpaired) electrons. The molecule has 4 nitrogen and oxygen atoms in total. The molecule has 0 saturated carbocycles. The molecule has 0 aromatic heterocycles. The van der Waals surface area contributed by atoms with Crippen LogP contribution in [0.4, 0.5) is 5.69 Å². The van der Waals surface area contributed by atoms with E-state index < -0.39 is 0 Å². The Kier molecular flexibility index (Phi) is 5.23. The van der Waals surface area contributed by atoms with Gasteiger partial charge in [0, 0.05) is 13.1 Å². The van der Waals surface area contributed by atoms with Crippen molar-refractivity contribution in [2.75, 3.05) is 13.1 Å². The summed E-state index contributed by atoms with van der Waals surface area (Å²) in [6.07, 6.45) is 3.67. The predicted octanol–water partition coefficient (Wildman–Crippen LogP) is 3.29. The van der Waals surface area contributed by atoms with E-state index in [9.17, 15) is 0 Å². The van der Waals surface area contributed by atoms with Crippen LogP contribution in [-0.2, 0) is 0 Å². The molecular formula is C17H28N4. The van der Waals surface area contributed by atoms with Crippen molar-refractivity contribution in [1.29, 1.82) is 0 Å². The average Bonchev–Trinajstić information content (AvgIpc) is 2.71. The van der Waals surface area contributed by atoms with Gasteiger partial charge in [0.05, 0.1) is 5.69 Å². The summed E-state index contributed by atoms with van der Waals surface area (Å²) in [6.45, 7) is 9.05. The van der Waals surface area contributed by atoms with Crippen molar-refractivity contribution in [3.05, 3.63) is 30.3 Å². The van der Waals surface area contributed by atoms with Crippen LogP contribution in [0.15, 0.2) is 35.3 Å². The minimum Gasteiger partial charge on any atom is -0.342 e. The zero-order valence-corrected chi connectivity index (χ0v) is 13.5. The summed E-state index contributed by atoms with van der Waals surface area (Å²) in [5, 5.41) is 0. The number of nitrogens with zero attached hydrogens (tertiary/aromatic N) is 2. The van der Waals surface area contributed by atoms with Gasteiger partial charge < -0.3 is 4.90 Å². The zero-order valence-electron chi connectivity index (χ0n) is 13.5. The van der Waals surface area contributed by atoms with Crippen LogP contribution in [0.25, 0.3) is 0 Å². The molecule has 21 heavy (non-hydrogen) atoms. The van der Waals surface area contributed by atoms with Gasteiger partial charge in [-0.2, -0.15) is 0 Å². The molecule has 1 heterocycles. The fourth-order valence-corrected chi connectivity index (χ4v) is 2.99.